The molecule has 1 spiro atoms. The molecule has 0 saturated carbocycles. The van der Waals surface area contributed by atoms with Crippen LogP contribution in [0.4, 0.5) is 0 Å². The van der Waals surface area contributed by atoms with E-state index in [9.17, 15) is 4.79 Å². The van der Waals surface area contributed by atoms with Crippen LogP contribution in [0.15, 0.2) is 54.6 Å². The third-order valence-electron chi connectivity index (χ3n) is 7.86. The van der Waals surface area contributed by atoms with E-state index in [0.717, 1.165) is 74.7 Å². The number of thiocarbonyl (C=S) groups is 1. The molecule has 5 nitrogen and oxygen atoms in total. The van der Waals surface area contributed by atoms with E-state index in [1.54, 1.807) is 6.08 Å². The first kappa shape index (κ1) is 23.9. The largest absolute Gasteiger partial charge is 0.493 e. The molecule has 2 aromatic rings. The summed E-state index contributed by atoms with van der Waals surface area (Å²) in [4.78, 5) is 17.2. The number of hydrogen-bond donors (Lipinski definition) is 1. The van der Waals surface area contributed by atoms with Crippen molar-refractivity contribution in [1.29, 1.82) is 0 Å². The van der Waals surface area contributed by atoms with Gasteiger partial charge in [0.05, 0.1) is 6.61 Å². The lowest BCUT2D eigenvalue weighted by molar-refractivity contribution is -0.128. The van der Waals surface area contributed by atoms with Crippen molar-refractivity contribution in [2.24, 2.45) is 5.41 Å². The second-order valence-corrected chi connectivity index (χ2v) is 10.5. The van der Waals surface area contributed by atoms with Crippen LogP contribution in [-0.2, 0) is 17.6 Å². The van der Waals surface area contributed by atoms with Crippen LogP contribution in [0.2, 0.25) is 0 Å². The van der Waals surface area contributed by atoms with Crippen LogP contribution in [0.1, 0.15) is 42.9 Å². The van der Waals surface area contributed by atoms with Crippen molar-refractivity contribution in [2.45, 2.75) is 45.1 Å². The van der Waals surface area contributed by atoms with Crippen LogP contribution in [0.25, 0.3) is 6.08 Å². The fraction of sp³-hybridized carbons (Fsp3) is 0.448. The predicted molar refractivity (Wildman–Crippen MR) is 144 cm³/mol. The van der Waals surface area contributed by atoms with E-state index in [2.05, 4.69) is 34.5 Å². The number of hydrogen-bond acceptors (Lipinski definition) is 3. The van der Waals surface area contributed by atoms with Gasteiger partial charge in [0.1, 0.15) is 5.75 Å². The standard InChI is InChI=1S/C29H35N3O2S/c1-2-34-26-10-6-5-7-22(26)11-12-27(33)31-16-13-29(14-17-31)15-18-32(21-29)28(35)30-25-19-23-8-3-4-9-24(23)20-25/h3-12,25H,2,13-21H2,1H3,(H,30,35)/b12-11+. The number of carbonyl (C=O) groups is 1. The van der Waals surface area contributed by atoms with Gasteiger partial charge >= 0.3 is 0 Å². The Balaban J connectivity index is 1.11. The van der Waals surface area contributed by atoms with Crippen molar-refractivity contribution in [3.05, 3.63) is 71.3 Å². The monoisotopic (exact) mass is 489 g/mol. The maximum Gasteiger partial charge on any atom is 0.246 e. The quantitative estimate of drug-likeness (QED) is 0.497. The molecule has 6 heteroatoms. The molecule has 184 valence electrons. The van der Waals surface area contributed by atoms with Crippen LogP contribution >= 0.6 is 12.2 Å². The minimum absolute atomic E-state index is 0.0824. The summed E-state index contributed by atoms with van der Waals surface area (Å²) in [7, 11) is 0. The van der Waals surface area contributed by atoms with Crippen LogP contribution in [0.5, 0.6) is 5.75 Å². The van der Waals surface area contributed by atoms with Crippen LogP contribution < -0.4 is 10.1 Å². The van der Waals surface area contributed by atoms with Crippen LogP contribution in [0, 0.1) is 5.41 Å². The molecule has 0 radical (unpaired) electrons. The van der Waals surface area contributed by atoms with Gasteiger partial charge in [-0.15, -0.1) is 0 Å². The first-order chi connectivity index (χ1) is 17.0. The molecular formula is C29H35N3O2S. The molecule has 5 rings (SSSR count). The Kier molecular flexibility index (Phi) is 7.09. The Morgan fingerprint density at radius 3 is 2.34 bits per heavy atom. The van der Waals surface area contributed by atoms with Gasteiger partial charge in [-0.05, 0) is 79.9 Å². The van der Waals surface area contributed by atoms with E-state index < -0.39 is 0 Å². The number of para-hydroxylation sites is 1. The van der Waals surface area contributed by atoms with Crippen LogP contribution in [-0.4, -0.2) is 59.6 Å². The highest BCUT2D eigenvalue weighted by Gasteiger charge is 2.42. The second kappa shape index (κ2) is 10.4. The van der Waals surface area contributed by atoms with Gasteiger partial charge in [-0.3, -0.25) is 4.79 Å². The summed E-state index contributed by atoms with van der Waals surface area (Å²) in [6, 6.07) is 16.9. The van der Waals surface area contributed by atoms with Gasteiger partial charge < -0.3 is 19.9 Å². The molecule has 0 aromatic heterocycles. The molecule has 2 aliphatic heterocycles. The molecule has 0 bridgehead atoms. The van der Waals surface area contributed by atoms with Crippen molar-refractivity contribution in [2.75, 3.05) is 32.8 Å². The van der Waals surface area contributed by atoms with Gasteiger partial charge in [0.15, 0.2) is 5.11 Å². The maximum absolute atomic E-state index is 12.9. The Morgan fingerprint density at radius 2 is 1.66 bits per heavy atom. The number of fused-ring (bicyclic) bond motifs is 1. The van der Waals surface area contributed by atoms with Gasteiger partial charge in [-0.1, -0.05) is 42.5 Å². The molecule has 1 N–H and O–H groups in total. The van der Waals surface area contributed by atoms with Gasteiger partial charge in [-0.2, -0.15) is 0 Å². The van der Waals surface area contributed by atoms with E-state index in [1.807, 2.05) is 42.2 Å². The number of nitrogens with zero attached hydrogens (tertiary/aromatic N) is 2. The lowest BCUT2D eigenvalue weighted by atomic mass is 9.78. The zero-order valence-electron chi connectivity index (χ0n) is 20.5. The van der Waals surface area contributed by atoms with Crippen molar-refractivity contribution >= 4 is 29.3 Å². The number of benzene rings is 2. The molecule has 1 aliphatic carbocycles. The average molecular weight is 490 g/mol. The summed E-state index contributed by atoms with van der Waals surface area (Å²) in [6.07, 6.45) is 8.89. The van der Waals surface area contributed by atoms with E-state index in [1.165, 1.54) is 11.1 Å². The molecule has 0 unspecified atom stereocenters. The number of likely N-dealkylation sites (tertiary alicyclic amines) is 2. The minimum atomic E-state index is 0.0824. The topological polar surface area (TPSA) is 44.8 Å². The van der Waals surface area contributed by atoms with Crippen molar-refractivity contribution in [3.63, 3.8) is 0 Å². The number of ether oxygens (including phenoxy) is 1. The molecule has 2 aromatic carbocycles. The maximum atomic E-state index is 12.9. The van der Waals surface area contributed by atoms with Gasteiger partial charge in [0.25, 0.3) is 0 Å². The summed E-state index contributed by atoms with van der Waals surface area (Å²) < 4.78 is 5.67. The number of piperidine rings is 1. The third kappa shape index (κ3) is 5.37. The van der Waals surface area contributed by atoms with E-state index >= 15 is 0 Å². The Morgan fingerprint density at radius 1 is 1.03 bits per heavy atom. The van der Waals surface area contributed by atoms with E-state index in [0.29, 0.717) is 12.6 Å². The molecule has 0 atom stereocenters. The molecular weight excluding hydrogens is 454 g/mol. The Labute approximate surface area is 214 Å². The van der Waals surface area contributed by atoms with E-state index in [4.69, 9.17) is 17.0 Å². The molecule has 2 fully saturated rings. The fourth-order valence-electron chi connectivity index (χ4n) is 5.82. The van der Waals surface area contributed by atoms with Crippen LogP contribution in [0.3, 0.4) is 0 Å². The highest BCUT2D eigenvalue weighted by atomic mass is 32.1. The molecule has 3 aliphatic rings. The summed E-state index contributed by atoms with van der Waals surface area (Å²) in [5.41, 5.74) is 4.09. The number of nitrogens with one attached hydrogen (secondary N) is 1. The van der Waals surface area contributed by atoms with Crippen molar-refractivity contribution in [1.82, 2.24) is 15.1 Å². The number of amides is 1. The zero-order valence-corrected chi connectivity index (χ0v) is 21.4. The Hall–Kier alpha value is -2.86. The molecule has 1 amide bonds. The smallest absolute Gasteiger partial charge is 0.246 e. The summed E-state index contributed by atoms with van der Waals surface area (Å²) in [5.74, 6) is 0.896. The first-order valence-corrected chi connectivity index (χ1v) is 13.3. The second-order valence-electron chi connectivity index (χ2n) is 10.1. The Bertz CT molecular complexity index is 1080. The average Bonchev–Trinajstić information content (AvgIpc) is 3.48. The first-order valence-electron chi connectivity index (χ1n) is 12.9. The lowest BCUT2D eigenvalue weighted by Crippen LogP contribution is -2.47. The van der Waals surface area contributed by atoms with Crippen molar-refractivity contribution in [3.8, 4) is 5.75 Å². The minimum Gasteiger partial charge on any atom is -0.493 e. The normalized spacial score (nSPS) is 19.3. The van der Waals surface area contributed by atoms with E-state index in [-0.39, 0.29) is 11.3 Å². The molecule has 2 heterocycles. The zero-order chi connectivity index (χ0) is 24.3. The number of carbonyl (C=O) groups excluding carboxylic acids is 1. The third-order valence-corrected chi connectivity index (χ3v) is 8.24. The fourth-order valence-corrected chi connectivity index (χ4v) is 6.14. The summed E-state index contributed by atoms with van der Waals surface area (Å²) >= 11 is 5.82. The summed E-state index contributed by atoms with van der Waals surface area (Å²) in [6.45, 7) is 6.20. The SMILES string of the molecule is CCOc1ccccc1/C=C/C(=O)N1CCC2(CC1)CCN(C(=S)NC1Cc3ccccc3C1)C2. The lowest BCUT2D eigenvalue weighted by Gasteiger charge is -2.39. The van der Waals surface area contributed by atoms with Gasteiger partial charge in [0.2, 0.25) is 5.91 Å². The number of rotatable bonds is 5. The van der Waals surface area contributed by atoms with Crippen molar-refractivity contribution < 1.29 is 9.53 Å². The summed E-state index contributed by atoms with van der Waals surface area (Å²) in [5, 5.41) is 4.53. The molecule has 2 saturated heterocycles. The molecule has 35 heavy (non-hydrogen) atoms. The predicted octanol–water partition coefficient (Wildman–Crippen LogP) is 4.45. The van der Waals surface area contributed by atoms with Gasteiger partial charge in [-0.25, -0.2) is 0 Å². The highest BCUT2D eigenvalue weighted by Crippen LogP contribution is 2.40. The van der Waals surface area contributed by atoms with Gasteiger partial charge in [0, 0.05) is 43.9 Å². The highest BCUT2D eigenvalue weighted by molar-refractivity contribution is 7.80.